The van der Waals surface area contributed by atoms with Crippen molar-refractivity contribution in [2.45, 2.75) is 4.90 Å². The Bertz CT molecular complexity index is 1210. The van der Waals surface area contributed by atoms with E-state index in [9.17, 15) is 13.0 Å². The zero-order valence-electron chi connectivity index (χ0n) is 13.8. The molecule has 3 nitrogen and oxygen atoms in total. The number of halogens is 1. The maximum absolute atomic E-state index is 11.7. The quantitative estimate of drug-likeness (QED) is 0.312. The summed E-state index contributed by atoms with van der Waals surface area (Å²) in [5.41, 5.74) is 0. The molecule has 6 heteroatoms. The third-order valence-corrected chi connectivity index (χ3v) is 5.47. The molecule has 0 spiro atoms. The van der Waals surface area contributed by atoms with Gasteiger partial charge in [0, 0.05) is 5.39 Å². The molecule has 4 aromatic rings. The summed E-state index contributed by atoms with van der Waals surface area (Å²) < 4.78 is 32.9. The van der Waals surface area contributed by atoms with Gasteiger partial charge in [-0.1, -0.05) is 66.2 Å². The topological polar surface area (TPSA) is 54.4 Å². The fourth-order valence-electron chi connectivity index (χ4n) is 3.11. The van der Waals surface area contributed by atoms with E-state index in [1.165, 1.54) is 6.07 Å². The van der Waals surface area contributed by atoms with Crippen molar-refractivity contribution in [1.29, 1.82) is 0 Å². The van der Waals surface area contributed by atoms with Crippen molar-refractivity contribution in [2.24, 2.45) is 0 Å². The fraction of sp³-hybridized carbons (Fsp3) is 0. The third kappa shape index (κ3) is 2.93. The van der Waals surface area contributed by atoms with Crippen LogP contribution in [0.1, 0.15) is 1.43 Å². The van der Waals surface area contributed by atoms with Crippen molar-refractivity contribution >= 4 is 54.0 Å². The first-order valence-electron chi connectivity index (χ1n) is 6.97. The van der Waals surface area contributed by atoms with E-state index in [0.29, 0.717) is 5.39 Å². The van der Waals surface area contributed by atoms with Gasteiger partial charge in [-0.3, -0.25) is 4.55 Å². The van der Waals surface area contributed by atoms with E-state index >= 15 is 0 Å². The molecule has 0 fully saturated rings. The fourth-order valence-corrected chi connectivity index (χ4v) is 4.34. The zero-order chi connectivity index (χ0) is 16.2. The van der Waals surface area contributed by atoms with Crippen LogP contribution < -0.4 is 51.4 Å². The predicted molar refractivity (Wildman–Crippen MR) is 94.9 cm³/mol. The molecule has 24 heavy (non-hydrogen) atoms. The van der Waals surface area contributed by atoms with Crippen LogP contribution in [0.3, 0.4) is 0 Å². The maximum Gasteiger partial charge on any atom is 1.00 e. The molecule has 0 aliphatic carbocycles. The van der Waals surface area contributed by atoms with Crippen molar-refractivity contribution in [1.82, 2.24) is 0 Å². The van der Waals surface area contributed by atoms with Gasteiger partial charge in [-0.25, -0.2) is 0 Å². The smallest absolute Gasteiger partial charge is 1.00 e. The molecule has 4 aromatic carbocycles. The monoisotopic (exact) mass is 382 g/mol. The van der Waals surface area contributed by atoms with Crippen LogP contribution in [0.15, 0.2) is 65.6 Å². The largest absolute Gasteiger partial charge is 1.00 e. The Balaban J connectivity index is 0.00000113. The summed E-state index contributed by atoms with van der Waals surface area (Å²) >= 11 is 5.99. The van der Waals surface area contributed by atoms with E-state index in [1.807, 2.05) is 42.5 Å². The Morgan fingerprint density at radius 1 is 0.750 bits per heavy atom. The first kappa shape index (κ1) is 18.3. The molecule has 4 rings (SSSR count). The van der Waals surface area contributed by atoms with E-state index in [1.54, 1.807) is 12.1 Å². The van der Waals surface area contributed by atoms with Gasteiger partial charge in [-0.15, -0.1) is 0 Å². The van der Waals surface area contributed by atoms with Crippen LogP contribution in [0, 0.1) is 0 Å². The van der Waals surface area contributed by atoms with Gasteiger partial charge in [0.2, 0.25) is 0 Å². The molecule has 0 saturated carbocycles. The molecule has 0 aliphatic heterocycles. The summed E-state index contributed by atoms with van der Waals surface area (Å²) in [4.78, 5) is -0.244. The minimum atomic E-state index is -4.40. The van der Waals surface area contributed by atoms with Crippen LogP contribution in [0.2, 0.25) is 5.02 Å². The number of fused-ring (bicyclic) bond motifs is 5. The molecule has 0 atom stereocenters. The second-order valence-electron chi connectivity index (χ2n) is 5.39. The molecule has 0 saturated heterocycles. The predicted octanol–water partition coefficient (Wildman–Crippen LogP) is 2.16. The minimum Gasteiger partial charge on any atom is -1.00 e. The summed E-state index contributed by atoms with van der Waals surface area (Å²) in [5, 5.41) is 5.33. The van der Waals surface area contributed by atoms with Crippen LogP contribution in [0.4, 0.5) is 0 Å². The van der Waals surface area contributed by atoms with Gasteiger partial charge < -0.3 is 1.43 Å². The second-order valence-corrected chi connectivity index (χ2v) is 7.16. The first-order chi connectivity index (χ1) is 11.0. The Kier molecular flexibility index (Phi) is 5.08. The summed E-state index contributed by atoms with van der Waals surface area (Å²) in [6.07, 6.45) is 0. The standard InChI is InChI=1S/C18H11ClO3S.K.H/c19-17-10-9-15-14-6-5-11-3-1-2-4-12(11)13(14)7-8-16(15)18(17)23(20,21)22;;/h1-10H,(H,20,21,22);;/q;+1;-1. The van der Waals surface area contributed by atoms with Crippen molar-refractivity contribution in [3.8, 4) is 0 Å². The van der Waals surface area contributed by atoms with Gasteiger partial charge in [0.25, 0.3) is 10.1 Å². The Morgan fingerprint density at radius 2 is 1.29 bits per heavy atom. The van der Waals surface area contributed by atoms with E-state index in [2.05, 4.69) is 0 Å². The molecule has 0 unspecified atom stereocenters. The summed E-state index contributed by atoms with van der Waals surface area (Å²) in [6, 6.07) is 18.8. The van der Waals surface area contributed by atoms with Gasteiger partial charge in [-0.2, -0.15) is 8.42 Å². The summed E-state index contributed by atoms with van der Waals surface area (Å²) in [5.74, 6) is 0. The second kappa shape index (κ2) is 6.66. The van der Waals surface area contributed by atoms with Crippen molar-refractivity contribution < 1.29 is 65.8 Å². The van der Waals surface area contributed by atoms with Gasteiger partial charge in [-0.05, 0) is 33.0 Å². The molecule has 1 N–H and O–H groups in total. The van der Waals surface area contributed by atoms with E-state index < -0.39 is 10.1 Å². The van der Waals surface area contributed by atoms with Crippen molar-refractivity contribution in [2.75, 3.05) is 0 Å². The van der Waals surface area contributed by atoms with E-state index in [-0.39, 0.29) is 62.7 Å². The van der Waals surface area contributed by atoms with E-state index in [0.717, 1.165) is 26.9 Å². The average Bonchev–Trinajstić information content (AvgIpc) is 2.52. The SMILES string of the molecule is O=S(=O)(O)c1c(Cl)ccc2c1ccc1c3ccccc3ccc21.[H-].[K+]. The molecule has 116 valence electrons. The molecule has 0 aromatic heterocycles. The van der Waals surface area contributed by atoms with E-state index in [4.69, 9.17) is 11.6 Å². The molecule has 0 aliphatic rings. The average molecular weight is 383 g/mol. The number of rotatable bonds is 1. The van der Waals surface area contributed by atoms with Crippen molar-refractivity contribution in [3.63, 3.8) is 0 Å². The summed E-state index contributed by atoms with van der Waals surface area (Å²) in [6.45, 7) is 0. The Morgan fingerprint density at radius 3 is 2.04 bits per heavy atom. The number of benzene rings is 4. The molecule has 0 bridgehead atoms. The first-order valence-corrected chi connectivity index (χ1v) is 8.79. The minimum absolute atomic E-state index is 0. The maximum atomic E-state index is 11.7. The van der Waals surface area contributed by atoms with Gasteiger partial charge in [0.15, 0.2) is 0 Å². The van der Waals surface area contributed by atoms with Crippen LogP contribution in [-0.2, 0) is 10.1 Å². The number of hydrogen-bond acceptors (Lipinski definition) is 2. The van der Waals surface area contributed by atoms with Gasteiger partial charge in [0.05, 0.1) is 5.02 Å². The van der Waals surface area contributed by atoms with Crippen molar-refractivity contribution in [3.05, 3.63) is 65.7 Å². The molecule has 0 amide bonds. The van der Waals surface area contributed by atoms with Crippen LogP contribution in [0.25, 0.3) is 32.3 Å². The third-order valence-electron chi connectivity index (χ3n) is 4.08. The number of hydrogen-bond donors (Lipinski definition) is 1. The van der Waals surface area contributed by atoms with Crippen LogP contribution >= 0.6 is 11.6 Å². The van der Waals surface area contributed by atoms with Crippen LogP contribution in [0.5, 0.6) is 0 Å². The molecule has 0 heterocycles. The van der Waals surface area contributed by atoms with Crippen LogP contribution in [-0.4, -0.2) is 13.0 Å². The Labute approximate surface area is 188 Å². The molecular formula is C18H12ClKO3S. The molecular weight excluding hydrogens is 371 g/mol. The van der Waals surface area contributed by atoms with Gasteiger partial charge in [0.1, 0.15) is 4.90 Å². The normalized spacial score (nSPS) is 11.8. The van der Waals surface area contributed by atoms with Gasteiger partial charge >= 0.3 is 51.4 Å². The molecule has 0 radical (unpaired) electrons. The summed E-state index contributed by atoms with van der Waals surface area (Å²) in [7, 11) is -4.40. The zero-order valence-corrected chi connectivity index (χ0v) is 17.5. The Hall–Kier alpha value is -0.504.